The first kappa shape index (κ1) is 17.6. The lowest BCUT2D eigenvalue weighted by Gasteiger charge is -2.32. The Morgan fingerprint density at radius 3 is 2.76 bits per heavy atom. The zero-order valence-electron chi connectivity index (χ0n) is 16.7. The number of carbonyl (C=O) groups excluding carboxylic acids is 1. The molecule has 0 fully saturated rings. The van der Waals surface area contributed by atoms with Crippen molar-refractivity contribution in [3.8, 4) is 0 Å². The molecule has 0 radical (unpaired) electrons. The van der Waals surface area contributed by atoms with Gasteiger partial charge in [0.2, 0.25) is 0 Å². The first-order chi connectivity index (χ1) is 14.0. The Hall–Kier alpha value is -3.48. The third-order valence-corrected chi connectivity index (χ3v) is 5.61. The summed E-state index contributed by atoms with van der Waals surface area (Å²) in [6.07, 6.45) is 1.71. The molecule has 1 aliphatic heterocycles. The van der Waals surface area contributed by atoms with Crippen molar-refractivity contribution in [1.29, 1.82) is 0 Å². The molecule has 1 atom stereocenters. The number of H-pyrrole nitrogens is 1. The minimum atomic E-state index is -0.0452. The minimum absolute atomic E-state index is 0.0359. The van der Waals surface area contributed by atoms with Gasteiger partial charge in [0.15, 0.2) is 5.65 Å². The van der Waals surface area contributed by atoms with E-state index in [9.17, 15) is 4.79 Å². The Kier molecular flexibility index (Phi) is 3.97. The van der Waals surface area contributed by atoms with Crippen LogP contribution in [0.25, 0.3) is 5.65 Å². The van der Waals surface area contributed by atoms with Crippen LogP contribution in [0.5, 0.6) is 0 Å². The number of benzene rings is 1. The smallest absolute Gasteiger partial charge is 0.260 e. The molecule has 146 valence electrons. The lowest BCUT2D eigenvalue weighted by Crippen LogP contribution is -2.39. The van der Waals surface area contributed by atoms with Gasteiger partial charge < -0.3 is 9.88 Å². The number of aryl methyl sites for hydroxylation is 3. The number of nitrogens with one attached hydrogen (secondary N) is 1. The molecule has 1 N–H and O–H groups in total. The molecule has 4 aromatic rings. The molecular formula is C22H22N6O. The van der Waals surface area contributed by atoms with Crippen LogP contribution in [0, 0.1) is 20.8 Å². The van der Waals surface area contributed by atoms with Gasteiger partial charge in [-0.2, -0.15) is 5.10 Å². The van der Waals surface area contributed by atoms with Crippen molar-refractivity contribution in [3.05, 3.63) is 82.3 Å². The van der Waals surface area contributed by atoms with Crippen molar-refractivity contribution in [1.82, 2.24) is 29.5 Å². The predicted molar refractivity (Wildman–Crippen MR) is 109 cm³/mol. The average molecular weight is 386 g/mol. The molecule has 0 saturated heterocycles. The number of rotatable bonds is 2. The number of amides is 1. The van der Waals surface area contributed by atoms with Gasteiger partial charge in [-0.1, -0.05) is 30.3 Å². The number of nitrogens with zero attached hydrogens (tertiary/aromatic N) is 5. The van der Waals surface area contributed by atoms with E-state index in [-0.39, 0.29) is 11.8 Å². The van der Waals surface area contributed by atoms with Gasteiger partial charge in [0.05, 0.1) is 30.0 Å². The summed E-state index contributed by atoms with van der Waals surface area (Å²) < 4.78 is 1.76. The Morgan fingerprint density at radius 1 is 1.17 bits per heavy atom. The fraction of sp³-hybridized carbons (Fsp3) is 0.273. The van der Waals surface area contributed by atoms with Gasteiger partial charge in [-0.15, -0.1) is 0 Å². The van der Waals surface area contributed by atoms with Gasteiger partial charge in [0.1, 0.15) is 5.56 Å². The molecule has 4 heterocycles. The number of aromatic nitrogens is 5. The summed E-state index contributed by atoms with van der Waals surface area (Å²) in [5, 5.41) is 4.57. The molecular weight excluding hydrogens is 364 g/mol. The second-order valence-corrected chi connectivity index (χ2v) is 7.65. The summed E-state index contributed by atoms with van der Waals surface area (Å²) in [6, 6.07) is 12.2. The highest BCUT2D eigenvalue weighted by Gasteiger charge is 2.33. The van der Waals surface area contributed by atoms with E-state index in [2.05, 4.69) is 32.2 Å². The summed E-state index contributed by atoms with van der Waals surface area (Å²) in [5.41, 5.74) is 6.88. The molecule has 0 spiro atoms. The fourth-order valence-electron chi connectivity index (χ4n) is 4.26. The van der Waals surface area contributed by atoms with Gasteiger partial charge in [0, 0.05) is 23.9 Å². The van der Waals surface area contributed by atoms with E-state index in [0.29, 0.717) is 30.0 Å². The highest BCUT2D eigenvalue weighted by Crippen LogP contribution is 2.32. The topological polar surface area (TPSA) is 79.2 Å². The molecule has 1 aromatic carbocycles. The molecule has 1 amide bonds. The standard InChI is InChI=1S/C22H22N6O/c1-13-9-14(2)28-21(25-13)19(15(3)26-28)22(29)27-10-17(16-7-5-4-6-8-16)20-18(11-27)23-12-24-20/h4-9,12,17H,10-11H2,1-3H3,(H,23,24). The van der Waals surface area contributed by atoms with Crippen molar-refractivity contribution in [2.24, 2.45) is 0 Å². The fourth-order valence-corrected chi connectivity index (χ4v) is 4.26. The predicted octanol–water partition coefficient (Wildman–Crippen LogP) is 3.17. The highest BCUT2D eigenvalue weighted by atomic mass is 16.2. The van der Waals surface area contributed by atoms with Gasteiger partial charge in [0.25, 0.3) is 5.91 Å². The van der Waals surface area contributed by atoms with Gasteiger partial charge >= 0.3 is 0 Å². The van der Waals surface area contributed by atoms with Crippen LogP contribution in [-0.2, 0) is 6.54 Å². The summed E-state index contributed by atoms with van der Waals surface area (Å²) in [5.74, 6) is -0.00935. The molecule has 1 unspecified atom stereocenters. The maximum atomic E-state index is 13.6. The van der Waals surface area contributed by atoms with E-state index < -0.39 is 0 Å². The molecule has 0 bridgehead atoms. The maximum Gasteiger partial charge on any atom is 0.260 e. The number of carbonyl (C=O) groups is 1. The van der Waals surface area contributed by atoms with E-state index in [0.717, 1.165) is 28.3 Å². The summed E-state index contributed by atoms with van der Waals surface area (Å²) in [4.78, 5) is 27.9. The van der Waals surface area contributed by atoms with E-state index in [4.69, 9.17) is 0 Å². The molecule has 5 rings (SSSR count). The molecule has 7 heteroatoms. The third-order valence-electron chi connectivity index (χ3n) is 5.61. The van der Waals surface area contributed by atoms with Crippen molar-refractivity contribution in [3.63, 3.8) is 0 Å². The zero-order valence-corrected chi connectivity index (χ0v) is 16.7. The molecule has 1 aliphatic rings. The van der Waals surface area contributed by atoms with Gasteiger partial charge in [-0.25, -0.2) is 14.5 Å². The monoisotopic (exact) mass is 386 g/mol. The highest BCUT2D eigenvalue weighted by molar-refractivity contribution is 6.01. The van der Waals surface area contributed by atoms with Crippen molar-refractivity contribution >= 4 is 11.6 Å². The van der Waals surface area contributed by atoms with Crippen molar-refractivity contribution in [2.45, 2.75) is 33.2 Å². The first-order valence-corrected chi connectivity index (χ1v) is 9.73. The molecule has 7 nitrogen and oxygen atoms in total. The average Bonchev–Trinajstić information content (AvgIpc) is 3.31. The van der Waals surface area contributed by atoms with Gasteiger partial charge in [-0.3, -0.25) is 4.79 Å². The van der Waals surface area contributed by atoms with Crippen molar-refractivity contribution < 1.29 is 4.79 Å². The van der Waals surface area contributed by atoms with Gasteiger partial charge in [-0.05, 0) is 32.4 Å². The van der Waals surface area contributed by atoms with Crippen LogP contribution in [0.2, 0.25) is 0 Å². The van der Waals surface area contributed by atoms with Crippen LogP contribution < -0.4 is 0 Å². The number of fused-ring (bicyclic) bond motifs is 2. The number of aromatic amines is 1. The van der Waals surface area contributed by atoms with Crippen LogP contribution >= 0.6 is 0 Å². The molecule has 0 aliphatic carbocycles. The first-order valence-electron chi connectivity index (χ1n) is 9.73. The second kappa shape index (κ2) is 6.55. The van der Waals surface area contributed by atoms with Crippen LogP contribution in [0.3, 0.4) is 0 Å². The minimum Gasteiger partial charge on any atom is -0.347 e. The van der Waals surface area contributed by atoms with Crippen LogP contribution in [0.1, 0.15) is 50.3 Å². The maximum absolute atomic E-state index is 13.6. The molecule has 0 saturated carbocycles. The normalized spacial score (nSPS) is 16.2. The van der Waals surface area contributed by atoms with E-state index in [1.165, 1.54) is 0 Å². The molecule has 3 aromatic heterocycles. The Balaban J connectivity index is 1.58. The van der Waals surface area contributed by atoms with Crippen LogP contribution in [0.4, 0.5) is 0 Å². The van der Waals surface area contributed by atoms with E-state index >= 15 is 0 Å². The lowest BCUT2D eigenvalue weighted by molar-refractivity contribution is 0.0723. The summed E-state index contributed by atoms with van der Waals surface area (Å²) in [6.45, 7) is 6.86. The largest absolute Gasteiger partial charge is 0.347 e. The van der Waals surface area contributed by atoms with E-state index in [1.807, 2.05) is 49.9 Å². The third kappa shape index (κ3) is 2.81. The Morgan fingerprint density at radius 2 is 1.97 bits per heavy atom. The van der Waals surface area contributed by atoms with Crippen LogP contribution in [-0.4, -0.2) is 41.9 Å². The zero-order chi connectivity index (χ0) is 20.1. The second-order valence-electron chi connectivity index (χ2n) is 7.65. The van der Waals surface area contributed by atoms with Crippen LogP contribution in [0.15, 0.2) is 42.7 Å². The Bertz CT molecular complexity index is 1220. The number of hydrogen-bond donors (Lipinski definition) is 1. The quantitative estimate of drug-likeness (QED) is 0.574. The number of imidazole rings is 1. The Labute approximate surface area is 168 Å². The van der Waals surface area contributed by atoms with Crippen molar-refractivity contribution in [2.75, 3.05) is 6.54 Å². The number of hydrogen-bond acceptors (Lipinski definition) is 4. The molecule has 29 heavy (non-hydrogen) atoms. The lowest BCUT2D eigenvalue weighted by atomic mass is 9.90. The summed E-state index contributed by atoms with van der Waals surface area (Å²) >= 11 is 0. The summed E-state index contributed by atoms with van der Waals surface area (Å²) in [7, 11) is 0. The SMILES string of the molecule is Cc1cc(C)n2nc(C)c(C(=O)N3Cc4[nH]cnc4C(c4ccccc4)C3)c2n1. The van der Waals surface area contributed by atoms with E-state index in [1.54, 1.807) is 10.8 Å².